The molecule has 6 nitrogen and oxygen atoms in total. The van der Waals surface area contributed by atoms with Crippen molar-refractivity contribution < 1.29 is 18.5 Å². The van der Waals surface area contributed by atoms with E-state index in [1.54, 1.807) is 12.1 Å². The van der Waals surface area contributed by atoms with Crippen LogP contribution >= 0.6 is 0 Å². The summed E-state index contributed by atoms with van der Waals surface area (Å²) in [5, 5.41) is 0. The Morgan fingerprint density at radius 3 is 2.68 bits per heavy atom. The second kappa shape index (κ2) is 5.73. The van der Waals surface area contributed by atoms with Crippen LogP contribution in [-0.2, 0) is 25.1 Å². The molecule has 120 valence electrons. The first-order valence-electron chi connectivity index (χ1n) is 7.34. The number of hydrazine groups is 1. The molecule has 0 aliphatic carbocycles. The van der Waals surface area contributed by atoms with Crippen LogP contribution in [0.1, 0.15) is 19.4 Å². The highest BCUT2D eigenvalue weighted by molar-refractivity contribution is 7.87. The predicted octanol–water partition coefficient (Wildman–Crippen LogP) is 0.831. The Hall–Kier alpha value is -1.28. The number of aryl methyl sites for hydroxylation is 1. The van der Waals surface area contributed by atoms with E-state index in [4.69, 9.17) is 9.47 Å². The normalized spacial score (nSPS) is 35.2. The Balaban J connectivity index is 2.00. The molecule has 2 heterocycles. The fraction of sp³-hybridized carbons (Fsp3) is 0.533. The minimum Gasteiger partial charge on any atom is -0.433 e. The zero-order valence-electron chi connectivity index (χ0n) is 12.8. The molecule has 7 heteroatoms. The van der Waals surface area contributed by atoms with Gasteiger partial charge < -0.3 is 9.47 Å². The standard InChI is InChI=1S/C15H20N2O4S/c1-4-20-13-12-10(3)16-17-15(12,14(18)21-13)22(19)11-7-5-9(2)6-8-11/h5-8,10,12-13,16-17H,4H2,1-3H3/t10-,12+,13+,15-,22?/m1/s1. The first-order chi connectivity index (χ1) is 10.5. The van der Waals surface area contributed by atoms with Crippen LogP contribution in [0.5, 0.6) is 0 Å². The zero-order valence-corrected chi connectivity index (χ0v) is 13.6. The molecule has 2 fully saturated rings. The number of rotatable bonds is 4. The molecule has 22 heavy (non-hydrogen) atoms. The SMILES string of the molecule is CCO[C@H]1OC(=O)[C@@]2(S(=O)c3ccc(C)cc3)NN[C@H](C)[C@@H]12. The van der Waals surface area contributed by atoms with Gasteiger partial charge in [-0.05, 0) is 32.9 Å². The molecular weight excluding hydrogens is 304 g/mol. The van der Waals surface area contributed by atoms with Crippen molar-refractivity contribution in [3.05, 3.63) is 29.8 Å². The van der Waals surface area contributed by atoms with Gasteiger partial charge in [0.25, 0.3) is 0 Å². The highest BCUT2D eigenvalue weighted by Crippen LogP contribution is 2.42. The summed E-state index contributed by atoms with van der Waals surface area (Å²) in [7, 11) is -1.60. The third-order valence-electron chi connectivity index (χ3n) is 4.17. The van der Waals surface area contributed by atoms with E-state index in [1.807, 2.05) is 32.9 Å². The fourth-order valence-corrected chi connectivity index (χ4v) is 4.69. The lowest BCUT2D eigenvalue weighted by Crippen LogP contribution is -2.54. The first-order valence-corrected chi connectivity index (χ1v) is 8.49. The Labute approximate surface area is 132 Å². The summed E-state index contributed by atoms with van der Waals surface area (Å²) in [6, 6.07) is 7.22. The zero-order chi connectivity index (χ0) is 15.9. The Morgan fingerprint density at radius 1 is 1.36 bits per heavy atom. The van der Waals surface area contributed by atoms with Crippen LogP contribution in [0.2, 0.25) is 0 Å². The molecule has 0 bridgehead atoms. The molecular formula is C15H20N2O4S. The average Bonchev–Trinajstić information content (AvgIpc) is 2.98. The van der Waals surface area contributed by atoms with Gasteiger partial charge in [0.1, 0.15) is 0 Å². The molecule has 2 aliphatic rings. The monoisotopic (exact) mass is 324 g/mol. The van der Waals surface area contributed by atoms with Crippen LogP contribution in [0.15, 0.2) is 29.2 Å². The number of benzene rings is 1. The molecule has 0 radical (unpaired) electrons. The van der Waals surface area contributed by atoms with E-state index in [-0.39, 0.29) is 12.0 Å². The summed E-state index contributed by atoms with van der Waals surface area (Å²) in [4.78, 5) is 11.8. The van der Waals surface area contributed by atoms with E-state index in [1.165, 1.54) is 0 Å². The number of hydrogen-bond acceptors (Lipinski definition) is 6. The Kier molecular flexibility index (Phi) is 4.07. The summed E-state index contributed by atoms with van der Waals surface area (Å²) in [5.74, 6) is -0.895. The summed E-state index contributed by atoms with van der Waals surface area (Å²) in [6.45, 7) is 6.14. The average molecular weight is 324 g/mol. The Morgan fingerprint density at radius 2 is 2.05 bits per heavy atom. The number of carbonyl (C=O) groups is 1. The molecule has 1 unspecified atom stereocenters. The minimum absolute atomic E-state index is 0.0996. The van der Waals surface area contributed by atoms with Crippen molar-refractivity contribution in [3.8, 4) is 0 Å². The number of esters is 1. The third-order valence-corrected chi connectivity index (χ3v) is 6.00. The van der Waals surface area contributed by atoms with Crippen LogP contribution in [0.3, 0.4) is 0 Å². The number of carbonyl (C=O) groups excluding carboxylic acids is 1. The smallest absolute Gasteiger partial charge is 0.344 e. The van der Waals surface area contributed by atoms with Gasteiger partial charge in [0, 0.05) is 17.5 Å². The van der Waals surface area contributed by atoms with E-state index in [2.05, 4.69) is 10.9 Å². The molecule has 0 amide bonds. The lowest BCUT2D eigenvalue weighted by molar-refractivity contribution is -0.168. The van der Waals surface area contributed by atoms with Crippen molar-refractivity contribution in [2.45, 2.75) is 42.9 Å². The number of ether oxygens (including phenoxy) is 2. The van der Waals surface area contributed by atoms with Crippen molar-refractivity contribution in [3.63, 3.8) is 0 Å². The molecule has 2 aliphatic heterocycles. The van der Waals surface area contributed by atoms with Crippen LogP contribution in [0, 0.1) is 12.8 Å². The highest BCUT2D eigenvalue weighted by Gasteiger charge is 2.67. The fourth-order valence-electron chi connectivity index (χ4n) is 3.02. The van der Waals surface area contributed by atoms with Gasteiger partial charge in [-0.1, -0.05) is 17.7 Å². The van der Waals surface area contributed by atoms with Gasteiger partial charge in [-0.2, -0.15) is 0 Å². The van der Waals surface area contributed by atoms with E-state index in [9.17, 15) is 9.00 Å². The minimum atomic E-state index is -1.60. The first kappa shape index (κ1) is 15.6. The van der Waals surface area contributed by atoms with Crippen molar-refractivity contribution in [2.75, 3.05) is 6.61 Å². The number of hydrogen-bond donors (Lipinski definition) is 2. The molecule has 2 N–H and O–H groups in total. The number of nitrogens with one attached hydrogen (secondary N) is 2. The summed E-state index contributed by atoms with van der Waals surface area (Å²) < 4.78 is 24.0. The Bertz CT molecular complexity index is 606. The van der Waals surface area contributed by atoms with Crippen molar-refractivity contribution in [1.82, 2.24) is 10.9 Å². The maximum absolute atomic E-state index is 13.1. The maximum atomic E-state index is 13.1. The van der Waals surface area contributed by atoms with Crippen LogP contribution < -0.4 is 10.9 Å². The lowest BCUT2D eigenvalue weighted by atomic mass is 9.96. The van der Waals surface area contributed by atoms with Gasteiger partial charge in [-0.15, -0.1) is 0 Å². The quantitative estimate of drug-likeness (QED) is 0.799. The molecule has 0 spiro atoms. The van der Waals surface area contributed by atoms with Gasteiger partial charge in [0.05, 0.1) is 16.7 Å². The molecule has 1 aromatic rings. The van der Waals surface area contributed by atoms with Crippen molar-refractivity contribution >= 4 is 16.8 Å². The van der Waals surface area contributed by atoms with Crippen molar-refractivity contribution in [2.24, 2.45) is 5.92 Å². The topological polar surface area (TPSA) is 76.7 Å². The molecule has 2 saturated heterocycles. The van der Waals surface area contributed by atoms with Crippen LogP contribution in [-0.4, -0.2) is 34.0 Å². The maximum Gasteiger partial charge on any atom is 0.344 e. The van der Waals surface area contributed by atoms with Gasteiger partial charge in [-0.25, -0.2) is 10.2 Å². The lowest BCUT2D eigenvalue weighted by Gasteiger charge is -2.25. The van der Waals surface area contributed by atoms with E-state index >= 15 is 0 Å². The predicted molar refractivity (Wildman–Crippen MR) is 81.0 cm³/mol. The summed E-state index contributed by atoms with van der Waals surface area (Å²) in [5.41, 5.74) is 7.02. The van der Waals surface area contributed by atoms with E-state index in [0.29, 0.717) is 11.5 Å². The second-order valence-electron chi connectivity index (χ2n) is 5.63. The third kappa shape index (κ3) is 2.20. The van der Waals surface area contributed by atoms with Gasteiger partial charge in [0.2, 0.25) is 11.2 Å². The molecule has 5 atom stereocenters. The van der Waals surface area contributed by atoms with Gasteiger partial charge in [0.15, 0.2) is 0 Å². The van der Waals surface area contributed by atoms with Gasteiger partial charge in [-0.3, -0.25) is 9.63 Å². The molecule has 1 aromatic carbocycles. The molecule has 0 saturated carbocycles. The van der Waals surface area contributed by atoms with Crippen LogP contribution in [0.4, 0.5) is 0 Å². The van der Waals surface area contributed by atoms with E-state index < -0.39 is 27.9 Å². The largest absolute Gasteiger partial charge is 0.433 e. The van der Waals surface area contributed by atoms with Gasteiger partial charge >= 0.3 is 5.97 Å². The number of cyclic esters (lactones) is 1. The summed E-state index contributed by atoms with van der Waals surface area (Å²) >= 11 is 0. The van der Waals surface area contributed by atoms with E-state index in [0.717, 1.165) is 5.56 Å². The van der Waals surface area contributed by atoms with Crippen molar-refractivity contribution in [1.29, 1.82) is 0 Å². The van der Waals surface area contributed by atoms with Crippen LogP contribution in [0.25, 0.3) is 0 Å². The summed E-state index contributed by atoms with van der Waals surface area (Å²) in [6.07, 6.45) is -0.690. The highest BCUT2D eigenvalue weighted by atomic mass is 32.2. The molecule has 3 rings (SSSR count). The number of fused-ring (bicyclic) bond motifs is 1. The second-order valence-corrected chi connectivity index (χ2v) is 7.28. The molecule has 0 aromatic heterocycles.